The number of benzene rings is 3. The van der Waals surface area contributed by atoms with Gasteiger partial charge >= 0.3 is 0 Å². The number of carbonyl (C=O) groups is 2. The minimum absolute atomic E-state index is 0.0446. The molecule has 0 spiro atoms. The average molecular weight is 470 g/mol. The largest absolute Gasteiger partial charge is 0.354 e. The summed E-state index contributed by atoms with van der Waals surface area (Å²) in [5.74, 6) is -0.00477. The lowest BCUT2D eigenvalue weighted by Crippen LogP contribution is -2.45. The molecule has 4 aromatic rings. The van der Waals surface area contributed by atoms with E-state index in [1.807, 2.05) is 85.8 Å². The third-order valence-electron chi connectivity index (χ3n) is 5.90. The number of rotatable bonds is 9. The molecule has 4 rings (SSSR count). The van der Waals surface area contributed by atoms with Crippen molar-refractivity contribution < 1.29 is 9.59 Å². The molecule has 1 atom stereocenters. The number of fused-ring (bicyclic) bond motifs is 1. The molecule has 0 fully saturated rings. The van der Waals surface area contributed by atoms with Crippen LogP contribution in [-0.4, -0.2) is 33.4 Å². The molecule has 180 valence electrons. The quantitative estimate of drug-likeness (QED) is 0.386. The van der Waals surface area contributed by atoms with E-state index in [2.05, 4.69) is 29.5 Å². The first-order valence-corrected chi connectivity index (χ1v) is 11.9. The second kappa shape index (κ2) is 11.0. The van der Waals surface area contributed by atoms with E-state index in [0.717, 1.165) is 23.1 Å². The summed E-state index contributed by atoms with van der Waals surface area (Å²) >= 11 is 0. The highest BCUT2D eigenvalue weighted by molar-refractivity contribution is 6.01. The lowest BCUT2D eigenvalue weighted by Gasteiger charge is -2.32. The smallest absolute Gasteiger partial charge is 0.249 e. The van der Waals surface area contributed by atoms with Crippen LogP contribution in [0, 0.1) is 12.8 Å². The predicted octanol–water partition coefficient (Wildman–Crippen LogP) is 4.68. The van der Waals surface area contributed by atoms with Crippen LogP contribution in [-0.2, 0) is 16.1 Å². The van der Waals surface area contributed by atoms with E-state index in [9.17, 15) is 9.59 Å². The fourth-order valence-corrected chi connectivity index (χ4v) is 4.09. The number of nitrogens with zero attached hydrogens (tertiary/aromatic N) is 4. The molecule has 0 bridgehead atoms. The second-order valence-electron chi connectivity index (χ2n) is 9.13. The van der Waals surface area contributed by atoms with Crippen LogP contribution in [0.15, 0.2) is 78.9 Å². The first-order valence-electron chi connectivity index (χ1n) is 11.9. The van der Waals surface area contributed by atoms with Gasteiger partial charge in [0.1, 0.15) is 18.1 Å². The van der Waals surface area contributed by atoms with Gasteiger partial charge in [-0.15, -0.1) is 5.10 Å². The fourth-order valence-electron chi connectivity index (χ4n) is 4.09. The standard InChI is InChI=1S/C28H31N5O2/c1-20(2)16-17-29-28(35)27(22-11-5-4-6-12-22)33(23-13-9-10-21(3)18-23)26(34)19-32-25-15-8-7-14-24(25)30-31-32/h4-15,18,20,27H,16-17,19H2,1-3H3,(H,29,35). The van der Waals surface area contributed by atoms with Crippen LogP contribution in [0.5, 0.6) is 0 Å². The maximum Gasteiger partial charge on any atom is 0.249 e. The van der Waals surface area contributed by atoms with E-state index < -0.39 is 6.04 Å². The monoisotopic (exact) mass is 469 g/mol. The molecule has 1 unspecified atom stereocenters. The molecule has 0 saturated heterocycles. The summed E-state index contributed by atoms with van der Waals surface area (Å²) in [7, 11) is 0. The van der Waals surface area contributed by atoms with E-state index in [0.29, 0.717) is 23.7 Å². The predicted molar refractivity (Wildman–Crippen MR) is 138 cm³/mol. The number of carbonyl (C=O) groups excluding carboxylic acids is 2. The van der Waals surface area contributed by atoms with Crippen LogP contribution < -0.4 is 10.2 Å². The minimum Gasteiger partial charge on any atom is -0.354 e. The van der Waals surface area contributed by atoms with Crippen molar-refractivity contribution >= 4 is 28.5 Å². The van der Waals surface area contributed by atoms with Crippen LogP contribution in [0.2, 0.25) is 0 Å². The van der Waals surface area contributed by atoms with Gasteiger partial charge in [-0.1, -0.05) is 73.7 Å². The Balaban J connectivity index is 1.74. The fraction of sp³-hybridized carbons (Fsp3) is 0.286. The van der Waals surface area contributed by atoms with Crippen molar-refractivity contribution in [1.82, 2.24) is 20.3 Å². The van der Waals surface area contributed by atoms with E-state index in [1.165, 1.54) is 0 Å². The number of aryl methyl sites for hydroxylation is 1. The van der Waals surface area contributed by atoms with Gasteiger partial charge in [0.2, 0.25) is 11.8 Å². The van der Waals surface area contributed by atoms with Gasteiger partial charge in [-0.3, -0.25) is 14.5 Å². The van der Waals surface area contributed by atoms with Crippen molar-refractivity contribution in [1.29, 1.82) is 0 Å². The van der Waals surface area contributed by atoms with Gasteiger partial charge in [0.05, 0.1) is 5.52 Å². The lowest BCUT2D eigenvalue weighted by molar-refractivity contribution is -0.127. The van der Waals surface area contributed by atoms with Crippen LogP contribution in [0.3, 0.4) is 0 Å². The highest BCUT2D eigenvalue weighted by Crippen LogP contribution is 2.29. The Morgan fingerprint density at radius 1 is 0.971 bits per heavy atom. The molecule has 1 aromatic heterocycles. The van der Waals surface area contributed by atoms with E-state index in [1.54, 1.807) is 9.58 Å². The van der Waals surface area contributed by atoms with Crippen molar-refractivity contribution in [3.8, 4) is 0 Å². The van der Waals surface area contributed by atoms with Crippen molar-refractivity contribution in [3.63, 3.8) is 0 Å². The zero-order valence-electron chi connectivity index (χ0n) is 20.4. The summed E-state index contributed by atoms with van der Waals surface area (Å²) in [6, 6.07) is 23.8. The summed E-state index contributed by atoms with van der Waals surface area (Å²) in [5.41, 5.74) is 3.88. The molecule has 2 amide bonds. The SMILES string of the molecule is Cc1cccc(N(C(=O)Cn2nnc3ccccc32)C(C(=O)NCCC(C)C)c2ccccc2)c1. The summed E-state index contributed by atoms with van der Waals surface area (Å²) in [6.45, 7) is 6.70. The van der Waals surface area contributed by atoms with Gasteiger partial charge in [0.25, 0.3) is 0 Å². The first-order chi connectivity index (χ1) is 16.9. The second-order valence-corrected chi connectivity index (χ2v) is 9.13. The third kappa shape index (κ3) is 5.74. The topological polar surface area (TPSA) is 80.1 Å². The van der Waals surface area contributed by atoms with E-state index in [-0.39, 0.29) is 18.4 Å². The first kappa shape index (κ1) is 24.1. The van der Waals surface area contributed by atoms with Gasteiger partial charge < -0.3 is 5.32 Å². The molecule has 35 heavy (non-hydrogen) atoms. The average Bonchev–Trinajstić information content (AvgIpc) is 3.25. The molecule has 0 aliphatic heterocycles. The Labute approximate surface area is 205 Å². The van der Waals surface area contributed by atoms with Crippen molar-refractivity contribution in [2.75, 3.05) is 11.4 Å². The Morgan fingerprint density at radius 3 is 2.46 bits per heavy atom. The van der Waals surface area contributed by atoms with Crippen LogP contribution >= 0.6 is 0 Å². The number of anilines is 1. The maximum atomic E-state index is 13.9. The molecule has 7 heteroatoms. The maximum absolute atomic E-state index is 13.9. The Morgan fingerprint density at radius 2 is 1.71 bits per heavy atom. The minimum atomic E-state index is -0.826. The normalized spacial score (nSPS) is 12.0. The van der Waals surface area contributed by atoms with E-state index >= 15 is 0 Å². The highest BCUT2D eigenvalue weighted by Gasteiger charge is 2.33. The summed E-state index contributed by atoms with van der Waals surface area (Å²) < 4.78 is 1.58. The number of para-hydroxylation sites is 1. The van der Waals surface area contributed by atoms with Gasteiger partial charge in [-0.25, -0.2) is 4.68 Å². The Bertz CT molecular complexity index is 1300. The van der Waals surface area contributed by atoms with Crippen LogP contribution in [0.1, 0.15) is 37.4 Å². The number of hydrogen-bond donors (Lipinski definition) is 1. The number of amides is 2. The zero-order chi connectivity index (χ0) is 24.8. The van der Waals surface area contributed by atoms with Gasteiger partial charge in [0.15, 0.2) is 0 Å². The highest BCUT2D eigenvalue weighted by atomic mass is 16.2. The summed E-state index contributed by atoms with van der Waals surface area (Å²) in [5, 5.41) is 11.4. The van der Waals surface area contributed by atoms with E-state index in [4.69, 9.17) is 0 Å². The lowest BCUT2D eigenvalue weighted by atomic mass is 10.0. The molecule has 3 aromatic carbocycles. The molecule has 7 nitrogen and oxygen atoms in total. The van der Waals surface area contributed by atoms with Gasteiger partial charge in [-0.05, 0) is 54.7 Å². The molecule has 0 aliphatic carbocycles. The van der Waals surface area contributed by atoms with Crippen molar-refractivity contribution in [2.24, 2.45) is 5.92 Å². The Hall–Kier alpha value is -4.00. The third-order valence-corrected chi connectivity index (χ3v) is 5.90. The summed E-state index contributed by atoms with van der Waals surface area (Å²) in [6.07, 6.45) is 0.858. The summed E-state index contributed by atoms with van der Waals surface area (Å²) in [4.78, 5) is 29.1. The number of hydrogen-bond acceptors (Lipinski definition) is 4. The molecule has 0 radical (unpaired) electrons. The number of aromatic nitrogens is 3. The molecule has 0 aliphatic rings. The molecular weight excluding hydrogens is 438 g/mol. The van der Waals surface area contributed by atoms with Gasteiger partial charge in [0, 0.05) is 12.2 Å². The Kier molecular flexibility index (Phi) is 7.55. The number of nitrogens with one attached hydrogen (secondary N) is 1. The van der Waals surface area contributed by atoms with Crippen molar-refractivity contribution in [3.05, 3.63) is 90.0 Å². The molecule has 1 N–H and O–H groups in total. The van der Waals surface area contributed by atoms with Crippen LogP contribution in [0.25, 0.3) is 11.0 Å². The molecule has 0 saturated carbocycles. The molecule has 1 heterocycles. The van der Waals surface area contributed by atoms with Crippen LogP contribution in [0.4, 0.5) is 5.69 Å². The van der Waals surface area contributed by atoms with Gasteiger partial charge in [-0.2, -0.15) is 0 Å². The van der Waals surface area contributed by atoms with Crippen molar-refractivity contribution in [2.45, 2.75) is 39.8 Å². The molecular formula is C28H31N5O2. The zero-order valence-corrected chi connectivity index (χ0v) is 20.4.